The Morgan fingerprint density at radius 2 is 0.860 bits per heavy atom. The molecule has 0 aromatic heterocycles. The first-order chi connectivity index (χ1) is 24.5. The van der Waals surface area contributed by atoms with Crippen molar-refractivity contribution in [1.82, 2.24) is 0 Å². The van der Waals surface area contributed by atoms with Crippen LogP contribution in [0.15, 0.2) is 152 Å². The summed E-state index contributed by atoms with van der Waals surface area (Å²) in [7, 11) is 0. The fourth-order valence-corrected chi connectivity index (χ4v) is 5.47. The minimum absolute atomic E-state index is 0.0756. The highest BCUT2D eigenvalue weighted by atomic mass is 16.7. The molecule has 5 aromatic carbocycles. The second-order valence-electron chi connectivity index (χ2n) is 11.5. The molecule has 1 aliphatic heterocycles. The van der Waals surface area contributed by atoms with Gasteiger partial charge in [-0.25, -0.2) is 14.4 Å². The Kier molecular flexibility index (Phi) is 11.8. The zero-order valence-corrected chi connectivity index (χ0v) is 27.1. The molecule has 1 fully saturated rings. The van der Waals surface area contributed by atoms with Crippen LogP contribution in [-0.4, -0.2) is 55.2 Å². The molecule has 9 heteroatoms. The van der Waals surface area contributed by atoms with Crippen molar-refractivity contribution in [2.75, 3.05) is 6.61 Å². The van der Waals surface area contributed by atoms with E-state index in [1.807, 2.05) is 60.7 Å². The van der Waals surface area contributed by atoms with Crippen molar-refractivity contribution in [1.29, 1.82) is 0 Å². The van der Waals surface area contributed by atoms with Gasteiger partial charge in [-0.3, -0.25) is 0 Å². The maximum absolute atomic E-state index is 13.6. The first-order valence-electron chi connectivity index (χ1n) is 16.3. The van der Waals surface area contributed by atoms with Crippen molar-refractivity contribution in [2.24, 2.45) is 0 Å². The Balaban J connectivity index is 1.36. The van der Waals surface area contributed by atoms with Gasteiger partial charge in [0.15, 0.2) is 18.5 Å². The molecule has 1 aliphatic rings. The number of hydrogen-bond acceptors (Lipinski definition) is 9. The fraction of sp³-hybridized carbons (Fsp3) is 0.195. The van der Waals surface area contributed by atoms with E-state index in [1.165, 1.54) is 0 Å². The van der Waals surface area contributed by atoms with Gasteiger partial charge in [-0.1, -0.05) is 115 Å². The maximum Gasteiger partial charge on any atom is 0.338 e. The highest BCUT2D eigenvalue weighted by Gasteiger charge is 2.52. The molecule has 6 rings (SSSR count). The summed E-state index contributed by atoms with van der Waals surface area (Å²) in [6.45, 7) is -0.149. The van der Waals surface area contributed by atoms with Gasteiger partial charge in [-0.05, 0) is 47.5 Å². The zero-order chi connectivity index (χ0) is 34.5. The lowest BCUT2D eigenvalue weighted by molar-refractivity contribution is -0.310. The third-order valence-corrected chi connectivity index (χ3v) is 8.03. The SMILES string of the molecule is O=C(OC[C@H]1O[C@H](OCc2ccccc2)[C@@H](OC(=O)c2ccccc2)[C@@H](OCc2ccccc2)[C@@H]1OC(=O)c1ccccc1)c1ccccc1. The Labute approximate surface area is 290 Å². The summed E-state index contributed by atoms with van der Waals surface area (Å²) in [5.74, 6) is -1.91. The Morgan fingerprint density at radius 3 is 1.34 bits per heavy atom. The van der Waals surface area contributed by atoms with Crippen LogP contribution >= 0.6 is 0 Å². The monoisotopic (exact) mass is 672 g/mol. The van der Waals surface area contributed by atoms with E-state index in [1.54, 1.807) is 91.0 Å². The van der Waals surface area contributed by atoms with Crippen LogP contribution in [-0.2, 0) is 41.6 Å². The van der Waals surface area contributed by atoms with E-state index in [-0.39, 0.29) is 25.4 Å². The average Bonchev–Trinajstić information content (AvgIpc) is 3.18. The lowest BCUT2D eigenvalue weighted by atomic mass is 9.97. The maximum atomic E-state index is 13.6. The number of esters is 3. The van der Waals surface area contributed by atoms with Crippen molar-refractivity contribution < 1.29 is 42.8 Å². The fourth-order valence-electron chi connectivity index (χ4n) is 5.47. The van der Waals surface area contributed by atoms with Crippen LogP contribution in [0.3, 0.4) is 0 Å². The van der Waals surface area contributed by atoms with Crippen LogP contribution in [0, 0.1) is 0 Å². The largest absolute Gasteiger partial charge is 0.459 e. The summed E-state index contributed by atoms with van der Waals surface area (Å²) >= 11 is 0. The number of carbonyl (C=O) groups excluding carboxylic acids is 3. The Bertz CT molecular complexity index is 1800. The van der Waals surface area contributed by atoms with E-state index in [9.17, 15) is 14.4 Å². The standard InChI is InChI=1S/C41H36O9/c42-38(31-20-10-3-11-21-31)46-28-34-35(49-39(43)32-22-12-4-13-23-32)36(45-26-29-16-6-1-7-17-29)37(50-40(44)33-24-14-5-15-25-33)41(48-34)47-27-30-18-8-2-9-19-30/h1-25,34-37,41H,26-28H2/t34-,35-,36+,37+,41+/m1/s1. The smallest absolute Gasteiger partial charge is 0.338 e. The predicted molar refractivity (Wildman–Crippen MR) is 183 cm³/mol. The first-order valence-corrected chi connectivity index (χ1v) is 16.3. The molecule has 0 spiro atoms. The molecule has 254 valence electrons. The van der Waals surface area contributed by atoms with Crippen LogP contribution in [0.1, 0.15) is 42.2 Å². The molecule has 9 nitrogen and oxygen atoms in total. The average molecular weight is 673 g/mol. The Morgan fingerprint density at radius 1 is 0.460 bits per heavy atom. The molecule has 0 amide bonds. The van der Waals surface area contributed by atoms with Crippen LogP contribution in [0.2, 0.25) is 0 Å². The van der Waals surface area contributed by atoms with E-state index in [0.717, 1.165) is 11.1 Å². The minimum Gasteiger partial charge on any atom is -0.459 e. The first kappa shape index (κ1) is 34.3. The molecule has 50 heavy (non-hydrogen) atoms. The summed E-state index contributed by atoms with van der Waals surface area (Å²) in [5.41, 5.74) is 2.59. The molecular weight excluding hydrogens is 636 g/mol. The van der Waals surface area contributed by atoms with E-state index in [4.69, 9.17) is 28.4 Å². The molecule has 5 aromatic rings. The molecule has 0 N–H and O–H groups in total. The minimum atomic E-state index is -1.22. The number of ether oxygens (including phenoxy) is 6. The summed E-state index contributed by atoms with van der Waals surface area (Å²) < 4.78 is 37.2. The van der Waals surface area contributed by atoms with E-state index < -0.39 is 48.6 Å². The Hall–Kier alpha value is -5.61. The highest BCUT2D eigenvalue weighted by molar-refractivity contribution is 5.90. The normalized spacial score (nSPS) is 20.0. The molecule has 1 heterocycles. The molecule has 0 saturated carbocycles. The zero-order valence-electron chi connectivity index (χ0n) is 27.1. The van der Waals surface area contributed by atoms with Gasteiger partial charge in [0, 0.05) is 0 Å². The van der Waals surface area contributed by atoms with Gasteiger partial charge < -0.3 is 28.4 Å². The van der Waals surface area contributed by atoms with Crippen molar-refractivity contribution in [3.05, 3.63) is 179 Å². The van der Waals surface area contributed by atoms with E-state index in [2.05, 4.69) is 0 Å². The molecule has 1 saturated heterocycles. The molecule has 0 bridgehead atoms. The summed E-state index contributed by atoms with van der Waals surface area (Å²) in [5, 5.41) is 0. The molecular formula is C41H36O9. The number of carbonyl (C=O) groups is 3. The number of benzene rings is 5. The van der Waals surface area contributed by atoms with Crippen LogP contribution < -0.4 is 0 Å². The van der Waals surface area contributed by atoms with Gasteiger partial charge >= 0.3 is 17.9 Å². The third-order valence-electron chi connectivity index (χ3n) is 8.03. The van der Waals surface area contributed by atoms with Gasteiger partial charge in [0.25, 0.3) is 0 Å². The van der Waals surface area contributed by atoms with Crippen molar-refractivity contribution >= 4 is 17.9 Å². The quantitative estimate of drug-likeness (QED) is 0.0984. The van der Waals surface area contributed by atoms with E-state index >= 15 is 0 Å². The summed E-state index contributed by atoms with van der Waals surface area (Å²) in [6, 6.07) is 44.3. The van der Waals surface area contributed by atoms with Gasteiger partial charge in [0.2, 0.25) is 0 Å². The van der Waals surface area contributed by atoms with Crippen molar-refractivity contribution in [2.45, 2.75) is 43.9 Å². The molecule has 0 unspecified atom stereocenters. The second-order valence-corrected chi connectivity index (χ2v) is 11.5. The van der Waals surface area contributed by atoms with Crippen molar-refractivity contribution in [3.63, 3.8) is 0 Å². The van der Waals surface area contributed by atoms with Crippen LogP contribution in [0.4, 0.5) is 0 Å². The van der Waals surface area contributed by atoms with Gasteiger partial charge in [-0.15, -0.1) is 0 Å². The van der Waals surface area contributed by atoms with Gasteiger partial charge in [0.05, 0.1) is 29.9 Å². The predicted octanol–water partition coefficient (Wildman–Crippen LogP) is 6.82. The van der Waals surface area contributed by atoms with Gasteiger partial charge in [0.1, 0.15) is 18.8 Å². The van der Waals surface area contributed by atoms with E-state index in [0.29, 0.717) is 11.1 Å². The second kappa shape index (κ2) is 17.2. The molecule has 0 aliphatic carbocycles. The van der Waals surface area contributed by atoms with Gasteiger partial charge in [-0.2, -0.15) is 0 Å². The topological polar surface area (TPSA) is 107 Å². The summed E-state index contributed by atoms with van der Waals surface area (Å²) in [4.78, 5) is 40.3. The number of hydrogen-bond donors (Lipinski definition) is 0. The number of rotatable bonds is 13. The molecule has 0 radical (unpaired) electrons. The summed E-state index contributed by atoms with van der Waals surface area (Å²) in [6.07, 6.45) is -5.84. The molecule has 5 atom stereocenters. The lowest BCUT2D eigenvalue weighted by Gasteiger charge is -2.44. The lowest BCUT2D eigenvalue weighted by Crippen LogP contribution is -2.62. The third kappa shape index (κ3) is 9.09. The van der Waals surface area contributed by atoms with Crippen LogP contribution in [0.5, 0.6) is 0 Å². The highest BCUT2D eigenvalue weighted by Crippen LogP contribution is 2.32. The van der Waals surface area contributed by atoms with Crippen molar-refractivity contribution in [3.8, 4) is 0 Å². The van der Waals surface area contributed by atoms with Crippen LogP contribution in [0.25, 0.3) is 0 Å².